The Hall–Kier alpha value is -2.60. The minimum absolute atomic E-state index is 0.0401. The Morgan fingerprint density at radius 3 is 2.43 bits per heavy atom. The van der Waals surface area contributed by atoms with E-state index in [-0.39, 0.29) is 22.5 Å². The van der Waals surface area contributed by atoms with Crippen LogP contribution in [0.2, 0.25) is 5.02 Å². The zero-order valence-corrected chi connectivity index (χ0v) is 13.3. The topological polar surface area (TPSA) is 81.5 Å². The first kappa shape index (κ1) is 16.8. The molecule has 6 nitrogen and oxygen atoms in total. The van der Waals surface area contributed by atoms with E-state index in [1.165, 1.54) is 18.2 Å². The van der Waals surface area contributed by atoms with Crippen molar-refractivity contribution < 1.29 is 14.5 Å². The average Bonchev–Trinajstić information content (AvgIpc) is 2.49. The van der Waals surface area contributed by atoms with Gasteiger partial charge in [0.05, 0.1) is 21.7 Å². The van der Waals surface area contributed by atoms with Gasteiger partial charge in [0, 0.05) is 17.7 Å². The number of benzene rings is 2. The molecule has 0 saturated carbocycles. The SMILES string of the molecule is CC(C)Oc1ccc(C(=O)Nc2cc([N+](=O)[O-])ccc2Cl)cc1. The van der Waals surface area contributed by atoms with E-state index in [2.05, 4.69) is 5.32 Å². The highest BCUT2D eigenvalue weighted by atomic mass is 35.5. The van der Waals surface area contributed by atoms with E-state index in [1.807, 2.05) is 13.8 Å². The highest BCUT2D eigenvalue weighted by Gasteiger charge is 2.13. The summed E-state index contributed by atoms with van der Waals surface area (Å²) in [6, 6.07) is 10.5. The van der Waals surface area contributed by atoms with Gasteiger partial charge in [-0.15, -0.1) is 0 Å². The van der Waals surface area contributed by atoms with E-state index in [0.29, 0.717) is 11.3 Å². The van der Waals surface area contributed by atoms with Crippen molar-refractivity contribution >= 4 is 28.9 Å². The van der Waals surface area contributed by atoms with Crippen LogP contribution in [0.3, 0.4) is 0 Å². The van der Waals surface area contributed by atoms with Gasteiger partial charge in [-0.1, -0.05) is 11.6 Å². The number of nitrogens with zero attached hydrogens (tertiary/aromatic N) is 1. The maximum absolute atomic E-state index is 12.2. The van der Waals surface area contributed by atoms with Gasteiger partial charge in [-0.3, -0.25) is 14.9 Å². The van der Waals surface area contributed by atoms with E-state index >= 15 is 0 Å². The maximum Gasteiger partial charge on any atom is 0.271 e. The number of ether oxygens (including phenoxy) is 1. The van der Waals surface area contributed by atoms with Crippen LogP contribution in [-0.4, -0.2) is 16.9 Å². The van der Waals surface area contributed by atoms with Gasteiger partial charge < -0.3 is 10.1 Å². The molecule has 1 N–H and O–H groups in total. The smallest absolute Gasteiger partial charge is 0.271 e. The normalized spacial score (nSPS) is 10.4. The van der Waals surface area contributed by atoms with Crippen LogP contribution in [0, 0.1) is 10.1 Å². The summed E-state index contributed by atoms with van der Waals surface area (Å²) in [7, 11) is 0. The van der Waals surface area contributed by atoms with Crippen LogP contribution in [-0.2, 0) is 0 Å². The Balaban J connectivity index is 2.15. The predicted molar refractivity (Wildman–Crippen MR) is 88.3 cm³/mol. The second kappa shape index (κ2) is 7.11. The van der Waals surface area contributed by atoms with Crippen molar-refractivity contribution in [3.63, 3.8) is 0 Å². The van der Waals surface area contributed by atoms with Crippen LogP contribution >= 0.6 is 11.6 Å². The lowest BCUT2D eigenvalue weighted by Crippen LogP contribution is -2.12. The van der Waals surface area contributed by atoms with Crippen LogP contribution in [0.25, 0.3) is 0 Å². The lowest BCUT2D eigenvalue weighted by molar-refractivity contribution is -0.384. The minimum atomic E-state index is -0.552. The van der Waals surface area contributed by atoms with Crippen molar-refractivity contribution in [2.24, 2.45) is 0 Å². The summed E-state index contributed by atoms with van der Waals surface area (Å²) >= 11 is 5.96. The van der Waals surface area contributed by atoms with Gasteiger partial charge >= 0.3 is 0 Å². The summed E-state index contributed by atoms with van der Waals surface area (Å²) in [5.74, 6) is 0.244. The summed E-state index contributed by atoms with van der Waals surface area (Å²) in [5, 5.41) is 13.6. The number of anilines is 1. The number of rotatable bonds is 5. The van der Waals surface area contributed by atoms with E-state index in [4.69, 9.17) is 16.3 Å². The lowest BCUT2D eigenvalue weighted by atomic mass is 10.2. The van der Waals surface area contributed by atoms with Gasteiger partial charge in [-0.25, -0.2) is 0 Å². The molecular formula is C16H15ClN2O4. The Morgan fingerprint density at radius 1 is 1.22 bits per heavy atom. The molecule has 0 aromatic heterocycles. The molecule has 0 aliphatic heterocycles. The molecule has 1 amide bonds. The molecule has 0 unspecified atom stereocenters. The van der Waals surface area contributed by atoms with Crippen molar-refractivity contribution in [3.05, 3.63) is 63.2 Å². The Bertz CT molecular complexity index is 729. The third-order valence-electron chi connectivity index (χ3n) is 2.90. The van der Waals surface area contributed by atoms with Gasteiger partial charge in [0.2, 0.25) is 0 Å². The molecule has 7 heteroatoms. The van der Waals surface area contributed by atoms with Gasteiger partial charge in [0.15, 0.2) is 0 Å². The van der Waals surface area contributed by atoms with Crippen LogP contribution in [0.5, 0.6) is 5.75 Å². The number of nitro groups is 1. The van der Waals surface area contributed by atoms with Crippen LogP contribution < -0.4 is 10.1 Å². The molecule has 0 spiro atoms. The number of carbonyl (C=O) groups is 1. The standard InChI is InChI=1S/C16H15ClN2O4/c1-10(2)23-13-6-3-11(4-7-13)16(20)18-15-9-12(19(21)22)5-8-14(15)17/h3-10H,1-2H3,(H,18,20). The number of amides is 1. The van der Waals surface area contributed by atoms with Gasteiger partial charge in [-0.2, -0.15) is 0 Å². The number of hydrogen-bond acceptors (Lipinski definition) is 4. The number of halogens is 1. The van der Waals surface area contributed by atoms with Gasteiger partial charge in [-0.05, 0) is 44.2 Å². The van der Waals surface area contributed by atoms with E-state index < -0.39 is 10.8 Å². The first-order valence-electron chi connectivity index (χ1n) is 6.89. The number of hydrogen-bond donors (Lipinski definition) is 1. The predicted octanol–water partition coefficient (Wildman–Crippen LogP) is 4.29. The number of nitro benzene ring substituents is 1. The van der Waals surface area contributed by atoms with Crippen molar-refractivity contribution in [3.8, 4) is 5.75 Å². The molecule has 0 fully saturated rings. The minimum Gasteiger partial charge on any atom is -0.491 e. The average molecular weight is 335 g/mol. The molecule has 2 aromatic carbocycles. The number of non-ortho nitro benzene ring substituents is 1. The Morgan fingerprint density at radius 2 is 1.87 bits per heavy atom. The van der Waals surface area contributed by atoms with Gasteiger partial charge in [0.1, 0.15) is 5.75 Å². The van der Waals surface area contributed by atoms with E-state index in [1.54, 1.807) is 24.3 Å². The second-order valence-electron chi connectivity index (χ2n) is 5.07. The van der Waals surface area contributed by atoms with Gasteiger partial charge in [0.25, 0.3) is 11.6 Å². The first-order chi connectivity index (χ1) is 10.9. The summed E-state index contributed by atoms with van der Waals surface area (Å²) in [6.07, 6.45) is 0.0401. The molecule has 2 aromatic rings. The van der Waals surface area contributed by atoms with Crippen LogP contribution in [0.15, 0.2) is 42.5 Å². The van der Waals surface area contributed by atoms with Crippen molar-refractivity contribution in [1.82, 2.24) is 0 Å². The van der Waals surface area contributed by atoms with Crippen molar-refractivity contribution in [1.29, 1.82) is 0 Å². The van der Waals surface area contributed by atoms with Crippen LogP contribution in [0.1, 0.15) is 24.2 Å². The monoisotopic (exact) mass is 334 g/mol. The van der Waals surface area contributed by atoms with E-state index in [9.17, 15) is 14.9 Å². The molecule has 2 rings (SSSR count). The zero-order chi connectivity index (χ0) is 17.0. The third kappa shape index (κ3) is 4.43. The molecule has 0 atom stereocenters. The Labute approximate surface area is 138 Å². The lowest BCUT2D eigenvalue weighted by Gasteiger charge is -2.10. The zero-order valence-electron chi connectivity index (χ0n) is 12.6. The fourth-order valence-corrected chi connectivity index (χ4v) is 2.04. The molecule has 0 bridgehead atoms. The largest absolute Gasteiger partial charge is 0.491 e. The fourth-order valence-electron chi connectivity index (χ4n) is 1.87. The highest BCUT2D eigenvalue weighted by Crippen LogP contribution is 2.27. The van der Waals surface area contributed by atoms with Crippen molar-refractivity contribution in [2.75, 3.05) is 5.32 Å². The molecule has 0 saturated heterocycles. The summed E-state index contributed by atoms with van der Waals surface area (Å²) < 4.78 is 5.50. The summed E-state index contributed by atoms with van der Waals surface area (Å²) in [5.41, 5.74) is 0.433. The fraction of sp³-hybridized carbons (Fsp3) is 0.188. The molecule has 120 valence electrons. The molecular weight excluding hydrogens is 320 g/mol. The maximum atomic E-state index is 12.2. The third-order valence-corrected chi connectivity index (χ3v) is 3.23. The number of carbonyl (C=O) groups excluding carboxylic acids is 1. The quantitative estimate of drug-likeness (QED) is 0.653. The summed E-state index contributed by atoms with van der Waals surface area (Å²) in [6.45, 7) is 3.82. The first-order valence-corrected chi connectivity index (χ1v) is 7.26. The number of nitrogens with one attached hydrogen (secondary N) is 1. The molecule has 0 aliphatic carbocycles. The highest BCUT2D eigenvalue weighted by molar-refractivity contribution is 6.34. The van der Waals surface area contributed by atoms with Crippen LogP contribution in [0.4, 0.5) is 11.4 Å². The van der Waals surface area contributed by atoms with Crippen molar-refractivity contribution in [2.45, 2.75) is 20.0 Å². The molecule has 0 radical (unpaired) electrons. The van der Waals surface area contributed by atoms with E-state index in [0.717, 1.165) is 0 Å². The summed E-state index contributed by atoms with van der Waals surface area (Å²) in [4.78, 5) is 22.4. The molecule has 0 aliphatic rings. The Kier molecular flexibility index (Phi) is 5.18. The molecule has 23 heavy (non-hydrogen) atoms. The molecule has 0 heterocycles. The second-order valence-corrected chi connectivity index (χ2v) is 5.47.